The van der Waals surface area contributed by atoms with E-state index in [4.69, 9.17) is 0 Å². The first-order valence-electron chi connectivity index (χ1n) is 5.35. The van der Waals surface area contributed by atoms with Crippen molar-refractivity contribution in [2.75, 3.05) is 7.05 Å². The van der Waals surface area contributed by atoms with E-state index in [9.17, 15) is 0 Å². The molecule has 0 aliphatic carbocycles. The summed E-state index contributed by atoms with van der Waals surface area (Å²) in [5.41, 5.74) is 0. The standard InChI is InChI=1S/C10H20N4/c1-4-6-9(11-3)7-10-12-8-13-14(10)5-2/h8-9,11H,4-7H2,1-3H3. The molecule has 1 heterocycles. The molecule has 14 heavy (non-hydrogen) atoms. The van der Waals surface area contributed by atoms with Crippen LogP contribution < -0.4 is 5.32 Å². The van der Waals surface area contributed by atoms with Crippen molar-refractivity contribution in [3.05, 3.63) is 12.2 Å². The fourth-order valence-corrected chi connectivity index (χ4v) is 1.63. The minimum atomic E-state index is 0.523. The molecule has 0 aliphatic rings. The van der Waals surface area contributed by atoms with Gasteiger partial charge in [-0.05, 0) is 20.4 Å². The van der Waals surface area contributed by atoms with E-state index < -0.39 is 0 Å². The van der Waals surface area contributed by atoms with Crippen LogP contribution in [0.4, 0.5) is 0 Å². The molecular weight excluding hydrogens is 176 g/mol. The van der Waals surface area contributed by atoms with Gasteiger partial charge in [-0.3, -0.25) is 4.68 Å². The average molecular weight is 196 g/mol. The molecule has 0 aliphatic heterocycles. The third kappa shape index (κ3) is 2.80. The third-order valence-electron chi connectivity index (χ3n) is 2.47. The Morgan fingerprint density at radius 1 is 1.50 bits per heavy atom. The largest absolute Gasteiger partial charge is 0.317 e. The minimum Gasteiger partial charge on any atom is -0.317 e. The van der Waals surface area contributed by atoms with Gasteiger partial charge in [0.1, 0.15) is 12.2 Å². The molecule has 1 unspecified atom stereocenters. The van der Waals surface area contributed by atoms with Crippen LogP contribution in [0.5, 0.6) is 0 Å². The van der Waals surface area contributed by atoms with Crippen molar-refractivity contribution in [3.63, 3.8) is 0 Å². The van der Waals surface area contributed by atoms with Crippen molar-refractivity contribution in [3.8, 4) is 0 Å². The summed E-state index contributed by atoms with van der Waals surface area (Å²) in [4.78, 5) is 4.27. The molecule has 4 heteroatoms. The number of nitrogens with zero attached hydrogens (tertiary/aromatic N) is 3. The molecule has 0 spiro atoms. The van der Waals surface area contributed by atoms with Crippen LogP contribution in [-0.4, -0.2) is 27.9 Å². The van der Waals surface area contributed by atoms with Gasteiger partial charge >= 0.3 is 0 Å². The Hall–Kier alpha value is -0.900. The smallest absolute Gasteiger partial charge is 0.138 e. The molecule has 4 nitrogen and oxygen atoms in total. The molecular formula is C10H20N4. The van der Waals surface area contributed by atoms with Gasteiger partial charge < -0.3 is 5.32 Å². The Morgan fingerprint density at radius 3 is 2.86 bits per heavy atom. The molecule has 0 amide bonds. The predicted molar refractivity (Wildman–Crippen MR) is 57.2 cm³/mol. The molecule has 0 bridgehead atoms. The number of hydrogen-bond donors (Lipinski definition) is 1. The molecule has 0 radical (unpaired) electrons. The van der Waals surface area contributed by atoms with E-state index >= 15 is 0 Å². The fraction of sp³-hybridized carbons (Fsp3) is 0.800. The summed E-state index contributed by atoms with van der Waals surface area (Å²) in [6, 6.07) is 0.523. The van der Waals surface area contributed by atoms with Gasteiger partial charge in [-0.2, -0.15) is 5.10 Å². The zero-order valence-corrected chi connectivity index (χ0v) is 9.32. The Morgan fingerprint density at radius 2 is 2.29 bits per heavy atom. The van der Waals surface area contributed by atoms with E-state index in [0.29, 0.717) is 6.04 Å². The van der Waals surface area contributed by atoms with Gasteiger partial charge in [0, 0.05) is 19.0 Å². The minimum absolute atomic E-state index is 0.523. The number of nitrogens with one attached hydrogen (secondary N) is 1. The fourth-order valence-electron chi connectivity index (χ4n) is 1.63. The average Bonchev–Trinajstić information content (AvgIpc) is 2.64. The molecule has 1 aromatic heterocycles. The lowest BCUT2D eigenvalue weighted by molar-refractivity contribution is 0.484. The second-order valence-corrected chi connectivity index (χ2v) is 3.47. The highest BCUT2D eigenvalue weighted by Crippen LogP contribution is 2.04. The van der Waals surface area contributed by atoms with Crippen LogP contribution in [0.25, 0.3) is 0 Å². The van der Waals surface area contributed by atoms with Gasteiger partial charge in [0.05, 0.1) is 0 Å². The maximum atomic E-state index is 4.27. The first kappa shape index (κ1) is 11.2. The highest BCUT2D eigenvalue weighted by molar-refractivity contribution is 4.89. The first-order chi connectivity index (χ1) is 6.81. The zero-order valence-electron chi connectivity index (χ0n) is 9.32. The number of hydrogen-bond acceptors (Lipinski definition) is 3. The normalized spacial score (nSPS) is 13.1. The molecule has 0 saturated carbocycles. The second kappa shape index (κ2) is 5.75. The van der Waals surface area contributed by atoms with E-state index in [0.717, 1.165) is 18.8 Å². The lowest BCUT2D eigenvalue weighted by Crippen LogP contribution is -2.28. The van der Waals surface area contributed by atoms with Crippen LogP contribution in [0.15, 0.2) is 6.33 Å². The summed E-state index contributed by atoms with van der Waals surface area (Å²) in [6.45, 7) is 5.19. The highest BCUT2D eigenvalue weighted by Gasteiger charge is 2.10. The van der Waals surface area contributed by atoms with Crippen LogP contribution in [0.2, 0.25) is 0 Å². The lowest BCUT2D eigenvalue weighted by atomic mass is 10.1. The van der Waals surface area contributed by atoms with Crippen LogP contribution in [-0.2, 0) is 13.0 Å². The van der Waals surface area contributed by atoms with Crippen LogP contribution in [0.3, 0.4) is 0 Å². The number of likely N-dealkylation sites (N-methyl/N-ethyl adjacent to an activating group) is 1. The van der Waals surface area contributed by atoms with Crippen LogP contribution >= 0.6 is 0 Å². The van der Waals surface area contributed by atoms with Crippen molar-refractivity contribution < 1.29 is 0 Å². The molecule has 1 aromatic rings. The Balaban J connectivity index is 2.56. The molecule has 1 atom stereocenters. The maximum Gasteiger partial charge on any atom is 0.138 e. The number of aryl methyl sites for hydroxylation is 1. The third-order valence-corrected chi connectivity index (χ3v) is 2.47. The van der Waals surface area contributed by atoms with Gasteiger partial charge in [0.25, 0.3) is 0 Å². The zero-order chi connectivity index (χ0) is 10.4. The Bertz CT molecular complexity index is 256. The molecule has 1 rings (SSSR count). The van der Waals surface area contributed by atoms with E-state index in [1.54, 1.807) is 6.33 Å². The lowest BCUT2D eigenvalue weighted by Gasteiger charge is -2.14. The van der Waals surface area contributed by atoms with Gasteiger partial charge in [-0.15, -0.1) is 0 Å². The molecule has 0 fully saturated rings. The molecule has 0 saturated heterocycles. The van der Waals surface area contributed by atoms with Gasteiger partial charge in [-0.25, -0.2) is 4.98 Å². The van der Waals surface area contributed by atoms with Crippen molar-refractivity contribution >= 4 is 0 Å². The topological polar surface area (TPSA) is 42.7 Å². The van der Waals surface area contributed by atoms with Crippen molar-refractivity contribution in [2.24, 2.45) is 0 Å². The summed E-state index contributed by atoms with van der Waals surface area (Å²) in [5, 5.41) is 7.47. The van der Waals surface area contributed by atoms with E-state index in [2.05, 4.69) is 29.2 Å². The van der Waals surface area contributed by atoms with Gasteiger partial charge in [0.2, 0.25) is 0 Å². The van der Waals surface area contributed by atoms with Gasteiger partial charge in [-0.1, -0.05) is 13.3 Å². The van der Waals surface area contributed by atoms with E-state index in [-0.39, 0.29) is 0 Å². The van der Waals surface area contributed by atoms with Crippen molar-refractivity contribution in [1.29, 1.82) is 0 Å². The summed E-state index contributed by atoms with van der Waals surface area (Å²) < 4.78 is 1.96. The summed E-state index contributed by atoms with van der Waals surface area (Å²) in [7, 11) is 2.01. The Labute approximate surface area is 85.7 Å². The summed E-state index contributed by atoms with van der Waals surface area (Å²) >= 11 is 0. The number of aromatic nitrogens is 3. The quantitative estimate of drug-likeness (QED) is 0.744. The Kier molecular flexibility index (Phi) is 4.59. The molecule has 80 valence electrons. The highest BCUT2D eigenvalue weighted by atomic mass is 15.3. The predicted octanol–water partition coefficient (Wildman–Crippen LogP) is 1.23. The molecule has 0 aromatic carbocycles. The first-order valence-corrected chi connectivity index (χ1v) is 5.35. The number of rotatable bonds is 6. The van der Waals surface area contributed by atoms with Crippen LogP contribution in [0, 0.1) is 0 Å². The van der Waals surface area contributed by atoms with E-state index in [1.165, 1.54) is 12.8 Å². The van der Waals surface area contributed by atoms with Crippen molar-refractivity contribution in [2.45, 2.75) is 45.7 Å². The van der Waals surface area contributed by atoms with E-state index in [1.807, 2.05) is 11.7 Å². The molecule has 1 N–H and O–H groups in total. The van der Waals surface area contributed by atoms with Crippen molar-refractivity contribution in [1.82, 2.24) is 20.1 Å². The monoisotopic (exact) mass is 196 g/mol. The van der Waals surface area contributed by atoms with Gasteiger partial charge in [0.15, 0.2) is 0 Å². The summed E-state index contributed by atoms with van der Waals surface area (Å²) in [5.74, 6) is 1.08. The maximum absolute atomic E-state index is 4.27. The second-order valence-electron chi connectivity index (χ2n) is 3.47. The SMILES string of the molecule is CCCC(Cc1ncnn1CC)NC. The summed E-state index contributed by atoms with van der Waals surface area (Å²) in [6.07, 6.45) is 4.99. The van der Waals surface area contributed by atoms with Crippen LogP contribution in [0.1, 0.15) is 32.5 Å².